The van der Waals surface area contributed by atoms with Crippen molar-refractivity contribution in [2.24, 2.45) is 11.8 Å². The van der Waals surface area contributed by atoms with Crippen molar-refractivity contribution in [1.29, 1.82) is 0 Å². The van der Waals surface area contributed by atoms with Gasteiger partial charge < -0.3 is 10.6 Å². The molecule has 2 atom stereocenters. The highest BCUT2D eigenvalue weighted by atomic mass is 15.1. The monoisotopic (exact) mass is 518 g/mol. The van der Waals surface area contributed by atoms with Gasteiger partial charge in [0.15, 0.2) is 0 Å². The summed E-state index contributed by atoms with van der Waals surface area (Å²) in [6.07, 6.45) is 12.4. The van der Waals surface area contributed by atoms with Gasteiger partial charge in [-0.2, -0.15) is 4.98 Å². The molecule has 1 saturated carbocycles. The highest BCUT2D eigenvalue weighted by Gasteiger charge is 2.22. The Morgan fingerprint density at radius 2 is 1.87 bits per heavy atom. The molecular formula is C35H42N4. The van der Waals surface area contributed by atoms with Gasteiger partial charge in [0.05, 0.1) is 5.52 Å². The van der Waals surface area contributed by atoms with Crippen LogP contribution in [0.2, 0.25) is 0 Å². The predicted molar refractivity (Wildman–Crippen MR) is 167 cm³/mol. The smallest absolute Gasteiger partial charge is 0.229 e. The second-order valence-electron chi connectivity index (χ2n) is 11.6. The maximum absolute atomic E-state index is 5.11. The second kappa shape index (κ2) is 11.2. The lowest BCUT2D eigenvalue weighted by atomic mass is 9.88. The van der Waals surface area contributed by atoms with Gasteiger partial charge in [0.2, 0.25) is 5.95 Å². The Labute approximate surface area is 234 Å². The van der Waals surface area contributed by atoms with Crippen LogP contribution >= 0.6 is 0 Å². The van der Waals surface area contributed by atoms with E-state index in [2.05, 4.69) is 113 Å². The summed E-state index contributed by atoms with van der Waals surface area (Å²) in [4.78, 5) is 10.1. The summed E-state index contributed by atoms with van der Waals surface area (Å²) >= 11 is 0. The van der Waals surface area contributed by atoms with Gasteiger partial charge in [-0.15, -0.1) is 0 Å². The third-order valence-corrected chi connectivity index (χ3v) is 8.17. The first-order valence-electron chi connectivity index (χ1n) is 14.4. The third kappa shape index (κ3) is 6.00. The van der Waals surface area contributed by atoms with Crippen LogP contribution in [-0.4, -0.2) is 16.5 Å². The summed E-state index contributed by atoms with van der Waals surface area (Å²) in [5.74, 6) is 2.92. The normalized spacial score (nSPS) is 18.3. The van der Waals surface area contributed by atoms with E-state index < -0.39 is 0 Å². The number of nitrogens with one attached hydrogen (secondary N) is 2. The van der Waals surface area contributed by atoms with Crippen molar-refractivity contribution in [1.82, 2.24) is 9.97 Å². The molecule has 1 heterocycles. The zero-order valence-corrected chi connectivity index (χ0v) is 24.4. The molecule has 0 spiro atoms. The highest BCUT2D eigenvalue weighted by Crippen LogP contribution is 2.38. The van der Waals surface area contributed by atoms with Crippen LogP contribution in [0.25, 0.3) is 22.0 Å². The molecule has 2 aliphatic carbocycles. The Balaban J connectivity index is 1.60. The fourth-order valence-corrected chi connectivity index (χ4v) is 5.43. The van der Waals surface area contributed by atoms with E-state index in [4.69, 9.17) is 9.97 Å². The summed E-state index contributed by atoms with van der Waals surface area (Å²) in [6, 6.07) is 11.2. The minimum absolute atomic E-state index is 0.281. The molecule has 0 radical (unpaired) electrons. The number of hydrogen-bond donors (Lipinski definition) is 2. The minimum Gasteiger partial charge on any atom is -0.369 e. The van der Waals surface area contributed by atoms with Crippen molar-refractivity contribution in [2.75, 3.05) is 17.2 Å². The van der Waals surface area contributed by atoms with Crippen LogP contribution in [0, 0.1) is 25.7 Å². The van der Waals surface area contributed by atoms with Crippen LogP contribution in [0.15, 0.2) is 78.1 Å². The van der Waals surface area contributed by atoms with Crippen LogP contribution in [0.5, 0.6) is 0 Å². The molecule has 1 aromatic heterocycles. The van der Waals surface area contributed by atoms with Crippen LogP contribution < -0.4 is 10.6 Å². The number of fused-ring (bicyclic) bond motifs is 1. The standard InChI is InChI=1S/C35H42N4/c1-8-21(2)16-24(5)28-17-25(6)32(26(7)18-28)30-10-9-11-31-33(30)38-35(39-34(31)36-20-27-13-14-27)37-29-15-12-22(3)23(4)19-29/h9-12,15-19,23-24,27H,3,8,13-14,20H2,1-2,4-7H3,(H2,36,37,38,39)/b21-16+. The van der Waals surface area contributed by atoms with Gasteiger partial charge in [-0.3, -0.25) is 0 Å². The molecule has 2 aromatic carbocycles. The maximum atomic E-state index is 5.11. The maximum Gasteiger partial charge on any atom is 0.229 e. The lowest BCUT2D eigenvalue weighted by Crippen LogP contribution is -2.11. The molecule has 1 fully saturated rings. The molecule has 39 heavy (non-hydrogen) atoms. The molecule has 2 N–H and O–H groups in total. The molecule has 0 amide bonds. The average Bonchev–Trinajstić information content (AvgIpc) is 3.74. The molecule has 3 aromatic rings. The molecule has 2 aliphatic rings. The number of nitrogens with zero attached hydrogens (tertiary/aromatic N) is 2. The van der Waals surface area contributed by atoms with Crippen molar-refractivity contribution in [2.45, 2.75) is 66.7 Å². The summed E-state index contributed by atoms with van der Waals surface area (Å²) in [5.41, 5.74) is 10.8. The lowest BCUT2D eigenvalue weighted by Gasteiger charge is -2.19. The van der Waals surface area contributed by atoms with Gasteiger partial charge in [0.25, 0.3) is 0 Å². The van der Waals surface area contributed by atoms with E-state index in [1.165, 1.54) is 40.7 Å². The molecule has 0 aliphatic heterocycles. The van der Waals surface area contributed by atoms with E-state index in [0.29, 0.717) is 11.9 Å². The Morgan fingerprint density at radius 3 is 2.54 bits per heavy atom. The third-order valence-electron chi connectivity index (χ3n) is 8.17. The van der Waals surface area contributed by atoms with Gasteiger partial charge in [-0.1, -0.05) is 75.4 Å². The minimum atomic E-state index is 0.281. The van der Waals surface area contributed by atoms with E-state index in [-0.39, 0.29) is 5.92 Å². The van der Waals surface area contributed by atoms with E-state index >= 15 is 0 Å². The SMILES string of the molecule is C=C1C=CC(Nc2nc(NCC3CC3)c3cccc(-c4c(C)cc(C(C)/C=C(\C)CC)cc4C)c3n2)=CC1C. The average molecular weight is 519 g/mol. The van der Waals surface area contributed by atoms with Gasteiger partial charge in [-0.25, -0.2) is 4.98 Å². The number of allylic oxidation sites excluding steroid dienone is 6. The topological polar surface area (TPSA) is 49.8 Å². The first-order chi connectivity index (χ1) is 18.7. The highest BCUT2D eigenvalue weighted by molar-refractivity contribution is 6.01. The van der Waals surface area contributed by atoms with Crippen molar-refractivity contribution < 1.29 is 0 Å². The van der Waals surface area contributed by atoms with Gasteiger partial charge in [-0.05, 0) is 91.8 Å². The Bertz CT molecular complexity index is 1480. The molecule has 4 heteroatoms. The summed E-state index contributed by atoms with van der Waals surface area (Å²) in [7, 11) is 0. The summed E-state index contributed by atoms with van der Waals surface area (Å²) < 4.78 is 0. The molecule has 2 unspecified atom stereocenters. The van der Waals surface area contributed by atoms with Gasteiger partial charge in [0, 0.05) is 29.1 Å². The molecule has 5 rings (SSSR count). The lowest BCUT2D eigenvalue weighted by molar-refractivity contribution is 0.875. The Morgan fingerprint density at radius 1 is 1.13 bits per heavy atom. The van der Waals surface area contributed by atoms with Crippen LogP contribution in [-0.2, 0) is 0 Å². The van der Waals surface area contributed by atoms with Gasteiger partial charge >= 0.3 is 0 Å². The zero-order valence-electron chi connectivity index (χ0n) is 24.4. The number of rotatable bonds is 9. The number of hydrogen-bond acceptors (Lipinski definition) is 4. The molecule has 202 valence electrons. The van der Waals surface area contributed by atoms with E-state index in [1.807, 2.05) is 0 Å². The Hall–Kier alpha value is -3.66. The van der Waals surface area contributed by atoms with Crippen molar-refractivity contribution >= 4 is 22.7 Å². The summed E-state index contributed by atoms with van der Waals surface area (Å²) in [6.45, 7) is 18.4. The number of benzene rings is 2. The van der Waals surface area contributed by atoms with E-state index in [0.717, 1.165) is 52.4 Å². The number of aromatic nitrogens is 2. The number of para-hydroxylation sites is 1. The first kappa shape index (κ1) is 26.9. The van der Waals surface area contributed by atoms with E-state index in [1.54, 1.807) is 0 Å². The number of anilines is 2. The predicted octanol–water partition coefficient (Wildman–Crippen LogP) is 9.25. The first-order valence-corrected chi connectivity index (χ1v) is 14.4. The zero-order chi connectivity index (χ0) is 27.7. The Kier molecular flexibility index (Phi) is 7.74. The van der Waals surface area contributed by atoms with E-state index in [9.17, 15) is 0 Å². The van der Waals surface area contributed by atoms with Gasteiger partial charge in [0.1, 0.15) is 5.82 Å². The fraction of sp³-hybridized carbons (Fsp3) is 0.371. The van der Waals surface area contributed by atoms with Crippen LogP contribution in [0.1, 0.15) is 69.6 Å². The van der Waals surface area contributed by atoms with Crippen LogP contribution in [0.4, 0.5) is 11.8 Å². The molecular weight excluding hydrogens is 476 g/mol. The van der Waals surface area contributed by atoms with Crippen molar-refractivity contribution in [3.63, 3.8) is 0 Å². The molecule has 4 nitrogen and oxygen atoms in total. The quantitative estimate of drug-likeness (QED) is 0.277. The largest absolute Gasteiger partial charge is 0.369 e. The van der Waals surface area contributed by atoms with Crippen LogP contribution in [0.3, 0.4) is 0 Å². The summed E-state index contributed by atoms with van der Waals surface area (Å²) in [5, 5.41) is 8.20. The van der Waals surface area contributed by atoms with Crippen molar-refractivity contribution in [3.8, 4) is 11.1 Å². The number of aryl methyl sites for hydroxylation is 2. The fourth-order valence-electron chi connectivity index (χ4n) is 5.43. The second-order valence-corrected chi connectivity index (χ2v) is 11.6. The molecule has 0 bridgehead atoms. The van der Waals surface area contributed by atoms with Crippen molar-refractivity contribution in [3.05, 3.63) is 94.7 Å². The molecule has 0 saturated heterocycles.